The maximum absolute atomic E-state index is 6.25. The van der Waals surface area contributed by atoms with E-state index in [0.29, 0.717) is 0 Å². The van der Waals surface area contributed by atoms with Crippen LogP contribution in [0.2, 0.25) is 0 Å². The van der Waals surface area contributed by atoms with Gasteiger partial charge < -0.3 is 126 Å². The zero-order chi connectivity index (χ0) is 102. The van der Waals surface area contributed by atoms with Crippen molar-refractivity contribution in [3.05, 3.63) is 410 Å². The molecule has 0 aliphatic carbocycles. The van der Waals surface area contributed by atoms with Crippen LogP contribution in [0.1, 0.15) is 119 Å². The molecule has 0 amide bonds. The van der Waals surface area contributed by atoms with Crippen molar-refractivity contribution in [2.45, 2.75) is 138 Å². The second-order valence-corrected chi connectivity index (χ2v) is 37.2. The van der Waals surface area contributed by atoms with Gasteiger partial charge in [-0.25, -0.2) is 0 Å². The molecule has 8 heterocycles. The molecule has 744 valence electrons. The van der Waals surface area contributed by atoms with E-state index in [4.69, 9.17) is 47.3 Å². The van der Waals surface area contributed by atoms with Gasteiger partial charge in [-0.2, -0.15) is 53.3 Å². The Morgan fingerprint density at radius 1 is 0.201 bits per heavy atom. The van der Waals surface area contributed by atoms with Gasteiger partial charge >= 0.3 is 84.3 Å². The van der Waals surface area contributed by atoms with E-state index < -0.39 is 0 Å². The number of rotatable bonds is 12. The van der Waals surface area contributed by atoms with Crippen LogP contribution in [0.3, 0.4) is 0 Å². The maximum atomic E-state index is 6.25. The van der Waals surface area contributed by atoms with Gasteiger partial charge in [0, 0.05) is 62.6 Å². The molecule has 20 nitrogen and oxygen atoms in total. The Morgan fingerprint density at radius 3 is 0.632 bits per heavy atom. The minimum Gasteiger partial charge on any atom is -0.512 e. The Kier molecular flexibility index (Phi) is 38.8. The molecule has 12 aromatic rings. The van der Waals surface area contributed by atoms with E-state index >= 15 is 0 Å². The number of allylic oxidation sites excluding steroid dienone is 6. The van der Waals surface area contributed by atoms with Crippen LogP contribution >= 0.6 is 0 Å². The first kappa shape index (κ1) is 115. The van der Waals surface area contributed by atoms with Crippen molar-refractivity contribution < 1.29 is 84.3 Å². The largest absolute Gasteiger partial charge is 4.00 e. The van der Waals surface area contributed by atoms with E-state index in [1.165, 1.54) is 202 Å². The molecule has 144 heavy (non-hydrogen) atoms. The van der Waals surface area contributed by atoms with Crippen molar-refractivity contribution in [1.82, 2.24) is 19.6 Å². The van der Waals surface area contributed by atoms with Crippen LogP contribution in [-0.2, 0) is 84.3 Å². The van der Waals surface area contributed by atoms with Crippen molar-refractivity contribution in [1.29, 1.82) is 21.0 Å². The molecule has 20 rings (SSSR count). The fourth-order valence-electron chi connectivity index (χ4n) is 20.1. The monoisotopic (exact) mass is 2620 g/mol. The predicted molar refractivity (Wildman–Crippen MR) is 577 cm³/mol. The van der Waals surface area contributed by atoms with E-state index in [-0.39, 0.29) is 84.3 Å². The van der Waals surface area contributed by atoms with Crippen molar-refractivity contribution in [2.75, 3.05) is 115 Å². The standard InChI is InChI=1S/C31H35N4.2C29H31N4.C27H27N4.4CN.4Pt/c1-19-10-22(4)31(23(5)11-19)26-14-27(34-17-32(8)24(6)25(34)7)16-28(15-26)35-18-33(9)29-12-20(2)21(3)13-30(29)35;2*1-19-12-20(2)29(21(3)13-19)24-14-25(32-17-30(6)22(4)23(32)5)16-26(15-24)33-18-31(7)27-10-8-9-11-28(27)33;1-19-12-20(2)27(21(3)13-19)22-14-23(30-11-10-28(4)17-30)16-24(15-22)31-18-29(5)25-8-6-7-9-26(25)31;4*1-2;;;;/h10-15,17-18H,1-9H3;2*8-15,17-18H,1-7H3;6-15,17-18H,1-5H3;;;;;;;;/q4*-3;4*-1;4*+4. The van der Waals surface area contributed by atoms with Crippen LogP contribution in [0.25, 0.3) is 44.5 Å². The molecule has 0 spiro atoms. The van der Waals surface area contributed by atoms with Gasteiger partial charge in [-0.15, -0.1) is 141 Å². The van der Waals surface area contributed by atoms with E-state index in [1.807, 2.05) is 18.1 Å². The molecule has 0 N–H and O–H groups in total. The van der Waals surface area contributed by atoms with Gasteiger partial charge in [-0.1, -0.05) is 107 Å². The molecule has 12 aromatic carbocycles. The summed E-state index contributed by atoms with van der Waals surface area (Å²) in [5.41, 5.74) is 53.4. The molecular formula is C120H124N20Pt4. The second kappa shape index (κ2) is 48.7. The van der Waals surface area contributed by atoms with E-state index in [0.717, 1.165) is 45.5 Å². The summed E-state index contributed by atoms with van der Waals surface area (Å²) in [7, 11) is 16.7. The maximum Gasteiger partial charge on any atom is 4.00 e. The van der Waals surface area contributed by atoms with E-state index in [9.17, 15) is 0 Å². The Hall–Kier alpha value is -12.9. The molecule has 8 aliphatic heterocycles. The van der Waals surface area contributed by atoms with Gasteiger partial charge in [-0.3, -0.25) is 0 Å². The summed E-state index contributed by atoms with van der Waals surface area (Å²) in [6.07, 6.45) is 4.12. The van der Waals surface area contributed by atoms with Gasteiger partial charge in [0.05, 0.1) is 0 Å². The van der Waals surface area contributed by atoms with E-state index in [1.54, 1.807) is 0 Å². The van der Waals surface area contributed by atoms with Crippen LogP contribution in [0.15, 0.2) is 229 Å². The van der Waals surface area contributed by atoms with Crippen molar-refractivity contribution in [3.63, 3.8) is 0 Å². The quantitative estimate of drug-likeness (QED) is 0.107. The molecule has 0 saturated heterocycles. The summed E-state index contributed by atoms with van der Waals surface area (Å²) < 4.78 is 0. The summed E-state index contributed by atoms with van der Waals surface area (Å²) >= 11 is 0. The molecule has 0 atom stereocenters. The van der Waals surface area contributed by atoms with Crippen LogP contribution in [0.4, 0.5) is 91.0 Å². The number of para-hydroxylation sites is 6. The normalized spacial score (nSPS) is 14.3. The second-order valence-electron chi connectivity index (χ2n) is 37.2. The summed E-state index contributed by atoms with van der Waals surface area (Å²) in [4.78, 5) is 35.1. The van der Waals surface area contributed by atoms with Gasteiger partial charge in [0.1, 0.15) is 0 Å². The first-order chi connectivity index (χ1) is 66.9. The third kappa shape index (κ3) is 23.4. The molecular weight excluding hydrogens is 2500 g/mol. The number of fused-ring (bicyclic) bond motifs is 4. The third-order valence-corrected chi connectivity index (χ3v) is 27.1. The summed E-state index contributed by atoms with van der Waals surface area (Å²) in [5, 5.41) is 25.0. The fraction of sp³-hybridized carbons (Fsp3) is 0.233. The minimum absolute atomic E-state index is 0. The van der Waals surface area contributed by atoms with Gasteiger partial charge in [0.2, 0.25) is 0 Å². The molecule has 0 bridgehead atoms. The van der Waals surface area contributed by atoms with Gasteiger partial charge in [0.15, 0.2) is 0 Å². The number of nitrogens with zero attached hydrogens (tertiary/aromatic N) is 20. The zero-order valence-corrected chi connectivity index (χ0v) is 96.4. The number of aryl methyl sites for hydroxylation is 14. The topological polar surface area (TPSA) is 147 Å². The predicted octanol–water partition coefficient (Wildman–Crippen LogP) is 27.8. The first-order valence-corrected chi connectivity index (χ1v) is 46.5. The fourth-order valence-corrected chi connectivity index (χ4v) is 20.1. The number of benzene rings is 12. The Morgan fingerprint density at radius 2 is 0.403 bits per heavy atom. The SMILES string of the molecule is CC1=C(C)N(c2[c-]c(N3[CH-]N(C)c4cc(C)c(C)cc43)cc(-c3c(C)cc(C)cc3C)c2)[CH-]N1C.CC1=C(C)N(c2[c-]c(N3[CH-]N(C)c4ccccc43)cc(-c3c(C)cc(C)cc3C)c2)[CH-]N1C.CC1=C(C)N(c2[c-]c(N3[CH-]N(C)c4ccccc43)cc(-c3c(C)cc(C)cc3C)c2)[CH-]N1C.Cc1cc(C)c(-c2cc(N3C=CN(C)[CH-]3)[c-]c(N3[CH-]N(C)c4ccccc43)c2)c(C)c1.[C-]#N.[C-]#N.[C-]#N.[C-]#N.[Pt+4].[Pt+4].[Pt+4].[Pt+4]. The molecule has 24 heteroatoms. The summed E-state index contributed by atoms with van der Waals surface area (Å²) in [5.74, 6) is 0. The molecule has 0 unspecified atom stereocenters. The average molecular weight is 2630 g/mol. The smallest absolute Gasteiger partial charge is 0.512 e. The third-order valence-electron chi connectivity index (χ3n) is 27.1. The average Bonchev–Trinajstić information content (AvgIpc) is 1.61. The van der Waals surface area contributed by atoms with E-state index in [2.05, 4.69) is 527 Å². The van der Waals surface area contributed by atoms with Crippen LogP contribution in [0.5, 0.6) is 0 Å². The zero-order valence-electron chi connectivity index (χ0n) is 87.3. The van der Waals surface area contributed by atoms with Crippen molar-refractivity contribution in [2.24, 2.45) is 0 Å². The van der Waals surface area contributed by atoms with Crippen molar-refractivity contribution in [3.8, 4) is 44.5 Å². The van der Waals surface area contributed by atoms with Gasteiger partial charge in [0.25, 0.3) is 0 Å². The van der Waals surface area contributed by atoms with Crippen LogP contribution < -0.4 is 58.8 Å². The van der Waals surface area contributed by atoms with Crippen LogP contribution in [0, 0.1) is 222 Å². The van der Waals surface area contributed by atoms with Crippen molar-refractivity contribution >= 4 is 91.0 Å². The Bertz CT molecular complexity index is 6630. The number of hydrogen-bond donors (Lipinski definition) is 0. The summed E-state index contributed by atoms with van der Waals surface area (Å²) in [6, 6.07) is 81.2. The number of hydrogen-bond acceptors (Lipinski definition) is 20. The minimum atomic E-state index is 0. The summed E-state index contributed by atoms with van der Waals surface area (Å²) in [6.45, 7) is 79.8. The molecule has 0 radical (unpaired) electrons. The Balaban J connectivity index is 0.000000207. The Labute approximate surface area is 916 Å². The molecule has 8 aliphatic rings. The van der Waals surface area contributed by atoms with Crippen LogP contribution in [-0.4, -0.2) is 76.0 Å². The first-order valence-electron chi connectivity index (χ1n) is 46.5. The molecule has 0 aromatic heterocycles. The molecule has 0 saturated carbocycles. The number of anilines is 16. The van der Waals surface area contributed by atoms with Gasteiger partial charge in [-0.05, 0) is 351 Å². The molecule has 0 fully saturated rings.